The minimum Gasteiger partial charge on any atom is -0.352 e. The van der Waals surface area contributed by atoms with E-state index in [1.165, 1.54) is 12.1 Å². The van der Waals surface area contributed by atoms with Crippen molar-refractivity contribution in [3.05, 3.63) is 17.2 Å². The summed E-state index contributed by atoms with van der Waals surface area (Å²) in [5.41, 5.74) is 6.77. The van der Waals surface area contributed by atoms with Crippen LogP contribution in [0.1, 0.15) is 0 Å². The van der Waals surface area contributed by atoms with Gasteiger partial charge in [0.15, 0.2) is 6.29 Å². The van der Waals surface area contributed by atoms with Crippen molar-refractivity contribution in [2.24, 2.45) is 10.9 Å². The van der Waals surface area contributed by atoms with Gasteiger partial charge in [-0.05, 0) is 12.1 Å². The van der Waals surface area contributed by atoms with Crippen LogP contribution in [-0.2, 0) is 10.0 Å². The summed E-state index contributed by atoms with van der Waals surface area (Å²) in [6.07, 6.45) is -0.452. The predicted molar refractivity (Wildman–Crippen MR) is 58.0 cm³/mol. The fraction of sp³-hybridized carbons (Fsp3) is 0.143. The van der Waals surface area contributed by atoms with E-state index in [1.807, 2.05) is 0 Å². The number of hydrogen-bond donors (Lipinski definition) is 4. The van der Waals surface area contributed by atoms with Crippen LogP contribution in [0.5, 0.6) is 0 Å². The molecule has 6 nitrogen and oxygen atoms in total. The van der Waals surface area contributed by atoms with Crippen LogP contribution in [0.4, 0.5) is 11.4 Å². The Kier molecular flexibility index (Phi) is 2.27. The van der Waals surface area contributed by atoms with Crippen molar-refractivity contribution >= 4 is 33.0 Å². The average molecular weight is 249 g/mol. The first kappa shape index (κ1) is 10.5. The number of nitrogens with two attached hydrogens (primary N) is 2. The van der Waals surface area contributed by atoms with Gasteiger partial charge in [0.1, 0.15) is 4.90 Å². The molecule has 0 aliphatic carbocycles. The van der Waals surface area contributed by atoms with Crippen LogP contribution in [0.2, 0.25) is 5.02 Å². The molecular formula is C7H9ClN4O2S. The highest BCUT2D eigenvalue weighted by Crippen LogP contribution is 2.34. The molecule has 1 aliphatic heterocycles. The van der Waals surface area contributed by atoms with Gasteiger partial charge >= 0.3 is 0 Å². The maximum absolute atomic E-state index is 11.1. The molecule has 15 heavy (non-hydrogen) atoms. The Labute approximate surface area is 91.6 Å². The minimum atomic E-state index is -3.81. The summed E-state index contributed by atoms with van der Waals surface area (Å²) in [6.45, 7) is 0. The molecule has 1 aromatic rings. The lowest BCUT2D eigenvalue weighted by molar-refractivity contribution is 0.598. The number of anilines is 2. The molecule has 1 unspecified atom stereocenters. The Morgan fingerprint density at radius 1 is 1.27 bits per heavy atom. The Balaban J connectivity index is 2.59. The summed E-state index contributed by atoms with van der Waals surface area (Å²) in [5, 5.41) is 10.8. The van der Waals surface area contributed by atoms with E-state index >= 15 is 0 Å². The first-order valence-corrected chi connectivity index (χ1v) is 5.95. The van der Waals surface area contributed by atoms with Crippen LogP contribution in [0.3, 0.4) is 0 Å². The molecule has 0 fully saturated rings. The summed E-state index contributed by atoms with van der Waals surface area (Å²) < 4.78 is 22.3. The van der Waals surface area contributed by atoms with Gasteiger partial charge in [0.2, 0.25) is 10.0 Å². The van der Waals surface area contributed by atoms with Crippen LogP contribution in [-0.4, -0.2) is 14.7 Å². The number of halogens is 1. The van der Waals surface area contributed by atoms with Gasteiger partial charge in [-0.2, -0.15) is 0 Å². The molecule has 1 heterocycles. The topological polar surface area (TPSA) is 110 Å². The van der Waals surface area contributed by atoms with Gasteiger partial charge in [-0.3, -0.25) is 5.73 Å². The standard InChI is InChI=1S/C7H9ClN4O2S/c8-3-1-4-5(12-7(9)11-4)2-6(3)15(10,13)14/h1-2,7,11-12H,9H2,(H2,10,13,14). The summed E-state index contributed by atoms with van der Waals surface area (Å²) in [4.78, 5) is -0.119. The second-order valence-corrected chi connectivity index (χ2v) is 5.08. The number of fused-ring (bicyclic) bond motifs is 1. The van der Waals surface area contributed by atoms with Gasteiger partial charge in [0.05, 0.1) is 16.4 Å². The quantitative estimate of drug-likeness (QED) is 0.562. The van der Waals surface area contributed by atoms with E-state index in [0.717, 1.165) is 0 Å². The third kappa shape index (κ3) is 1.86. The molecule has 0 aromatic heterocycles. The third-order valence-electron chi connectivity index (χ3n) is 2.00. The Morgan fingerprint density at radius 3 is 2.33 bits per heavy atom. The molecule has 2 rings (SSSR count). The van der Waals surface area contributed by atoms with Crippen LogP contribution >= 0.6 is 11.6 Å². The second-order valence-electron chi connectivity index (χ2n) is 3.14. The van der Waals surface area contributed by atoms with Crippen LogP contribution in [0.25, 0.3) is 0 Å². The van der Waals surface area contributed by atoms with E-state index in [1.54, 1.807) is 0 Å². The Morgan fingerprint density at radius 2 is 1.80 bits per heavy atom. The SMILES string of the molecule is NC1Nc2cc(Cl)c(S(N)(=O)=O)cc2N1. The molecule has 0 saturated carbocycles. The van der Waals surface area contributed by atoms with Gasteiger partial charge < -0.3 is 10.6 Å². The molecule has 0 saturated heterocycles. The Bertz CT molecular complexity index is 516. The number of benzene rings is 1. The Hall–Kier alpha value is -1.02. The molecule has 1 atom stereocenters. The first-order chi connectivity index (χ1) is 6.88. The van der Waals surface area contributed by atoms with Crippen molar-refractivity contribution in [3.8, 4) is 0 Å². The molecule has 0 radical (unpaired) electrons. The number of hydrogen-bond acceptors (Lipinski definition) is 5. The summed E-state index contributed by atoms with van der Waals surface area (Å²) in [5.74, 6) is 0. The summed E-state index contributed by atoms with van der Waals surface area (Å²) >= 11 is 5.77. The zero-order chi connectivity index (χ0) is 11.2. The summed E-state index contributed by atoms with van der Waals surface area (Å²) in [6, 6.07) is 2.82. The fourth-order valence-electron chi connectivity index (χ4n) is 1.38. The van der Waals surface area contributed by atoms with Crippen LogP contribution in [0.15, 0.2) is 17.0 Å². The highest BCUT2D eigenvalue weighted by molar-refractivity contribution is 7.89. The van der Waals surface area contributed by atoms with Crippen molar-refractivity contribution in [1.29, 1.82) is 0 Å². The van der Waals surface area contributed by atoms with E-state index in [0.29, 0.717) is 11.4 Å². The molecule has 1 aliphatic rings. The zero-order valence-electron chi connectivity index (χ0n) is 7.49. The van der Waals surface area contributed by atoms with Gasteiger partial charge in [-0.1, -0.05) is 11.6 Å². The fourth-order valence-corrected chi connectivity index (χ4v) is 2.48. The van der Waals surface area contributed by atoms with Crippen LogP contribution < -0.4 is 21.5 Å². The molecule has 0 spiro atoms. The molecule has 0 amide bonds. The van der Waals surface area contributed by atoms with Crippen LogP contribution in [0, 0.1) is 0 Å². The van der Waals surface area contributed by atoms with Crippen molar-refractivity contribution in [1.82, 2.24) is 0 Å². The highest BCUT2D eigenvalue weighted by Gasteiger charge is 2.21. The number of primary sulfonamides is 1. The second kappa shape index (κ2) is 3.24. The number of sulfonamides is 1. The maximum Gasteiger partial charge on any atom is 0.239 e. The molecule has 1 aromatic carbocycles. The van der Waals surface area contributed by atoms with Crippen molar-refractivity contribution in [2.75, 3.05) is 10.6 Å². The monoisotopic (exact) mass is 248 g/mol. The van der Waals surface area contributed by atoms with E-state index in [4.69, 9.17) is 22.5 Å². The average Bonchev–Trinajstić information content (AvgIpc) is 2.40. The van der Waals surface area contributed by atoms with Gasteiger partial charge in [0.25, 0.3) is 0 Å². The molecule has 8 heteroatoms. The van der Waals surface area contributed by atoms with Crippen molar-refractivity contribution in [3.63, 3.8) is 0 Å². The van der Waals surface area contributed by atoms with Gasteiger partial charge in [-0.15, -0.1) is 0 Å². The van der Waals surface area contributed by atoms with E-state index in [9.17, 15) is 8.42 Å². The number of rotatable bonds is 1. The maximum atomic E-state index is 11.1. The normalized spacial score (nSPS) is 19.3. The summed E-state index contributed by atoms with van der Waals surface area (Å²) in [7, 11) is -3.81. The lowest BCUT2D eigenvalue weighted by atomic mass is 10.3. The largest absolute Gasteiger partial charge is 0.352 e. The molecule has 82 valence electrons. The highest BCUT2D eigenvalue weighted by atomic mass is 35.5. The first-order valence-electron chi connectivity index (χ1n) is 4.03. The van der Waals surface area contributed by atoms with Gasteiger partial charge in [0, 0.05) is 0 Å². The molecule has 6 N–H and O–H groups in total. The van der Waals surface area contributed by atoms with Crippen molar-refractivity contribution in [2.45, 2.75) is 11.2 Å². The zero-order valence-corrected chi connectivity index (χ0v) is 9.06. The number of nitrogens with one attached hydrogen (secondary N) is 2. The van der Waals surface area contributed by atoms with Crippen molar-refractivity contribution < 1.29 is 8.42 Å². The van der Waals surface area contributed by atoms with E-state index in [2.05, 4.69) is 10.6 Å². The van der Waals surface area contributed by atoms with E-state index < -0.39 is 16.3 Å². The predicted octanol–water partition coefficient (Wildman–Crippen LogP) is 0.0671. The smallest absolute Gasteiger partial charge is 0.239 e. The van der Waals surface area contributed by atoms with E-state index in [-0.39, 0.29) is 9.92 Å². The van der Waals surface area contributed by atoms with Gasteiger partial charge in [-0.25, -0.2) is 13.6 Å². The molecule has 0 bridgehead atoms. The minimum absolute atomic E-state index is 0.0691. The lowest BCUT2D eigenvalue weighted by Crippen LogP contribution is -2.31. The lowest BCUT2D eigenvalue weighted by Gasteiger charge is -2.04. The third-order valence-corrected chi connectivity index (χ3v) is 3.38. The molecular weight excluding hydrogens is 240 g/mol.